The van der Waals surface area contributed by atoms with E-state index in [1.54, 1.807) is 6.07 Å². The van der Waals surface area contributed by atoms with E-state index in [0.29, 0.717) is 23.1 Å². The second-order valence-corrected chi connectivity index (χ2v) is 6.15. The zero-order valence-electron chi connectivity index (χ0n) is 14.4. The molecule has 5 nitrogen and oxygen atoms in total. The van der Waals surface area contributed by atoms with E-state index in [2.05, 4.69) is 39.7 Å². The number of amides is 1. The summed E-state index contributed by atoms with van der Waals surface area (Å²) in [5.41, 5.74) is 3.42. The van der Waals surface area contributed by atoms with Crippen LogP contribution in [-0.4, -0.2) is 15.9 Å². The Labute approximate surface area is 157 Å². The van der Waals surface area contributed by atoms with Gasteiger partial charge in [0.1, 0.15) is 0 Å². The molecule has 2 N–H and O–H groups in total. The topological polar surface area (TPSA) is 66.9 Å². The average Bonchev–Trinajstić information content (AvgIpc) is 2.68. The number of halogens is 1. The smallest absolute Gasteiger partial charge is 0.254 e. The van der Waals surface area contributed by atoms with Gasteiger partial charge in [0.05, 0.1) is 5.56 Å². The number of carbonyl (C=O) groups excluding carboxylic acids is 1. The molecule has 0 spiro atoms. The summed E-state index contributed by atoms with van der Waals surface area (Å²) in [6.45, 7) is 2.46. The van der Waals surface area contributed by atoms with Crippen LogP contribution in [0.4, 0.5) is 11.6 Å². The maximum absolute atomic E-state index is 12.2. The van der Waals surface area contributed by atoms with Crippen molar-refractivity contribution < 1.29 is 4.79 Å². The fraction of sp³-hybridized carbons (Fsp3) is 0.150. The van der Waals surface area contributed by atoms with E-state index in [4.69, 9.17) is 11.6 Å². The molecule has 0 aliphatic heterocycles. The lowest BCUT2D eigenvalue weighted by Crippen LogP contribution is -2.23. The molecular formula is C20H19ClN4O. The predicted octanol–water partition coefficient (Wildman–Crippen LogP) is 4.37. The molecule has 0 aliphatic carbocycles. The standard InChI is InChI=1S/C20H19ClN4O/c1-2-14-7-9-17(10-8-14)25-20-23-12-16(13-24-20)19(26)22-11-15-5-3-4-6-18(15)21/h3-10,12-13H,2,11H2,1H3,(H,22,26)(H,23,24,25). The van der Waals surface area contributed by atoms with Crippen molar-refractivity contribution in [2.75, 3.05) is 5.32 Å². The first-order valence-electron chi connectivity index (χ1n) is 8.35. The van der Waals surface area contributed by atoms with E-state index in [-0.39, 0.29) is 5.91 Å². The molecule has 1 aromatic heterocycles. The van der Waals surface area contributed by atoms with Crippen molar-refractivity contribution in [2.24, 2.45) is 0 Å². The number of benzene rings is 2. The van der Waals surface area contributed by atoms with Crippen molar-refractivity contribution >= 4 is 29.1 Å². The first-order chi connectivity index (χ1) is 12.7. The Morgan fingerprint density at radius 1 is 1.04 bits per heavy atom. The third-order valence-corrected chi connectivity index (χ3v) is 4.30. The van der Waals surface area contributed by atoms with Gasteiger partial charge >= 0.3 is 0 Å². The number of aryl methyl sites for hydroxylation is 1. The van der Waals surface area contributed by atoms with Crippen LogP contribution in [0, 0.1) is 0 Å². The van der Waals surface area contributed by atoms with Gasteiger partial charge in [-0.25, -0.2) is 9.97 Å². The van der Waals surface area contributed by atoms with Gasteiger partial charge in [-0.2, -0.15) is 0 Å². The lowest BCUT2D eigenvalue weighted by molar-refractivity contribution is 0.0950. The summed E-state index contributed by atoms with van der Waals surface area (Å²) in [5, 5.41) is 6.55. The van der Waals surface area contributed by atoms with Gasteiger partial charge in [0.2, 0.25) is 5.95 Å². The molecule has 3 aromatic rings. The predicted molar refractivity (Wildman–Crippen MR) is 104 cm³/mol. The zero-order chi connectivity index (χ0) is 18.4. The maximum Gasteiger partial charge on any atom is 0.254 e. The van der Waals surface area contributed by atoms with Crippen LogP contribution < -0.4 is 10.6 Å². The molecule has 0 aliphatic rings. The maximum atomic E-state index is 12.2. The molecule has 0 fully saturated rings. The lowest BCUT2D eigenvalue weighted by Gasteiger charge is -2.08. The third-order valence-electron chi connectivity index (χ3n) is 3.93. The highest BCUT2D eigenvalue weighted by Gasteiger charge is 2.08. The fourth-order valence-corrected chi connectivity index (χ4v) is 2.58. The van der Waals surface area contributed by atoms with E-state index in [1.807, 2.05) is 30.3 Å². The summed E-state index contributed by atoms with van der Waals surface area (Å²) in [4.78, 5) is 20.6. The van der Waals surface area contributed by atoms with Gasteiger partial charge in [-0.3, -0.25) is 4.79 Å². The van der Waals surface area contributed by atoms with Gasteiger partial charge in [-0.05, 0) is 35.7 Å². The van der Waals surface area contributed by atoms with E-state index in [9.17, 15) is 4.79 Å². The van der Waals surface area contributed by atoms with Crippen LogP contribution in [0.25, 0.3) is 0 Å². The van der Waals surface area contributed by atoms with Gasteiger partial charge in [0.25, 0.3) is 5.91 Å². The SMILES string of the molecule is CCc1ccc(Nc2ncc(C(=O)NCc3ccccc3Cl)cn2)cc1. The highest BCUT2D eigenvalue weighted by Crippen LogP contribution is 2.15. The Bertz CT molecular complexity index is 879. The molecule has 0 radical (unpaired) electrons. The molecule has 0 bridgehead atoms. The summed E-state index contributed by atoms with van der Waals surface area (Å²) in [6, 6.07) is 15.5. The van der Waals surface area contributed by atoms with Crippen molar-refractivity contribution in [3.05, 3.63) is 82.6 Å². The summed E-state index contributed by atoms with van der Waals surface area (Å²) in [5.74, 6) is 0.195. The molecule has 6 heteroatoms. The van der Waals surface area contributed by atoms with Crippen LogP contribution >= 0.6 is 11.6 Å². The Kier molecular flexibility index (Phi) is 5.81. The van der Waals surface area contributed by atoms with Crippen molar-refractivity contribution in [3.8, 4) is 0 Å². The van der Waals surface area contributed by atoms with Crippen molar-refractivity contribution in [1.82, 2.24) is 15.3 Å². The summed E-state index contributed by atoms with van der Waals surface area (Å²) < 4.78 is 0. The molecule has 2 aromatic carbocycles. The minimum atomic E-state index is -0.247. The average molecular weight is 367 g/mol. The van der Waals surface area contributed by atoms with Gasteiger partial charge in [0.15, 0.2) is 0 Å². The second-order valence-electron chi connectivity index (χ2n) is 5.74. The second kappa shape index (κ2) is 8.45. The van der Waals surface area contributed by atoms with Crippen molar-refractivity contribution in [3.63, 3.8) is 0 Å². The monoisotopic (exact) mass is 366 g/mol. The molecular weight excluding hydrogens is 348 g/mol. The van der Waals surface area contributed by atoms with Crippen molar-refractivity contribution in [2.45, 2.75) is 19.9 Å². The Morgan fingerprint density at radius 3 is 2.38 bits per heavy atom. The lowest BCUT2D eigenvalue weighted by atomic mass is 10.1. The molecule has 0 saturated heterocycles. The van der Waals surface area contributed by atoms with E-state index >= 15 is 0 Å². The van der Waals surface area contributed by atoms with Crippen LogP contribution in [-0.2, 0) is 13.0 Å². The number of anilines is 2. The van der Waals surface area contributed by atoms with E-state index < -0.39 is 0 Å². The summed E-state index contributed by atoms with van der Waals surface area (Å²) >= 11 is 6.09. The summed E-state index contributed by atoms with van der Waals surface area (Å²) in [6.07, 6.45) is 3.99. The highest BCUT2D eigenvalue weighted by atomic mass is 35.5. The van der Waals surface area contributed by atoms with Gasteiger partial charge < -0.3 is 10.6 Å². The number of hydrogen-bond acceptors (Lipinski definition) is 4. The Morgan fingerprint density at radius 2 is 1.73 bits per heavy atom. The summed E-state index contributed by atoms with van der Waals surface area (Å²) in [7, 11) is 0. The molecule has 26 heavy (non-hydrogen) atoms. The quantitative estimate of drug-likeness (QED) is 0.680. The number of aromatic nitrogens is 2. The van der Waals surface area contributed by atoms with Crippen LogP contribution in [0.15, 0.2) is 60.9 Å². The minimum absolute atomic E-state index is 0.247. The highest BCUT2D eigenvalue weighted by molar-refractivity contribution is 6.31. The van der Waals surface area contributed by atoms with Crippen LogP contribution in [0.2, 0.25) is 5.02 Å². The number of nitrogens with one attached hydrogen (secondary N) is 2. The molecule has 0 unspecified atom stereocenters. The normalized spacial score (nSPS) is 10.4. The van der Waals surface area contributed by atoms with Crippen LogP contribution in [0.5, 0.6) is 0 Å². The minimum Gasteiger partial charge on any atom is -0.348 e. The molecule has 3 rings (SSSR count). The number of carbonyl (C=O) groups is 1. The fourth-order valence-electron chi connectivity index (χ4n) is 2.38. The van der Waals surface area contributed by atoms with Crippen molar-refractivity contribution in [1.29, 1.82) is 0 Å². The zero-order valence-corrected chi connectivity index (χ0v) is 15.1. The third kappa shape index (κ3) is 4.58. The Hall–Kier alpha value is -2.92. The Balaban J connectivity index is 1.59. The van der Waals surface area contributed by atoms with Gasteiger partial charge in [0, 0.05) is 29.6 Å². The number of nitrogens with zero attached hydrogens (tertiary/aromatic N) is 2. The molecule has 0 atom stereocenters. The first kappa shape index (κ1) is 17.9. The van der Waals surface area contributed by atoms with Crippen LogP contribution in [0.3, 0.4) is 0 Å². The first-order valence-corrected chi connectivity index (χ1v) is 8.73. The molecule has 1 amide bonds. The number of hydrogen-bond donors (Lipinski definition) is 2. The molecule has 132 valence electrons. The van der Waals surface area contributed by atoms with E-state index in [0.717, 1.165) is 17.7 Å². The van der Waals surface area contributed by atoms with Gasteiger partial charge in [-0.15, -0.1) is 0 Å². The molecule has 1 heterocycles. The largest absolute Gasteiger partial charge is 0.348 e. The van der Waals surface area contributed by atoms with Gasteiger partial charge in [-0.1, -0.05) is 48.9 Å². The van der Waals surface area contributed by atoms with Crippen LogP contribution in [0.1, 0.15) is 28.4 Å². The van der Waals surface area contributed by atoms with E-state index in [1.165, 1.54) is 18.0 Å². The number of rotatable bonds is 6. The molecule has 0 saturated carbocycles.